The summed E-state index contributed by atoms with van der Waals surface area (Å²) in [4.78, 5) is 17.7. The number of carbonyl (C=O) groups excluding carboxylic acids is 1. The third-order valence-corrected chi connectivity index (χ3v) is 4.30. The van der Waals surface area contributed by atoms with Gasteiger partial charge < -0.3 is 4.90 Å². The molecule has 1 amide bonds. The topological polar surface area (TPSA) is 51.0 Å². The summed E-state index contributed by atoms with van der Waals surface area (Å²) in [6.07, 6.45) is -2.57. The highest BCUT2D eigenvalue weighted by Crippen LogP contribution is 2.29. The van der Waals surface area contributed by atoms with E-state index < -0.39 is 29.3 Å². The van der Waals surface area contributed by atoms with Gasteiger partial charge in [-0.2, -0.15) is 18.3 Å². The van der Waals surface area contributed by atoms with Crippen LogP contribution in [0.5, 0.6) is 0 Å². The van der Waals surface area contributed by atoms with Gasteiger partial charge in [0.25, 0.3) is 5.91 Å². The molecule has 0 unspecified atom stereocenters. The number of benzene rings is 1. The molecular weight excluding hydrogens is 395 g/mol. The number of pyridine rings is 1. The van der Waals surface area contributed by atoms with Gasteiger partial charge in [0.2, 0.25) is 0 Å². The molecule has 0 aliphatic rings. The van der Waals surface area contributed by atoms with Gasteiger partial charge in [0.1, 0.15) is 11.6 Å². The van der Waals surface area contributed by atoms with Gasteiger partial charge in [-0.25, -0.2) is 18.4 Å². The average Bonchev–Trinajstić information content (AvgIpc) is 3.04. The van der Waals surface area contributed by atoms with Gasteiger partial charge in [-0.3, -0.25) is 4.79 Å². The van der Waals surface area contributed by atoms with Crippen molar-refractivity contribution in [3.63, 3.8) is 0 Å². The Morgan fingerprint density at radius 1 is 1.14 bits per heavy atom. The second-order valence-corrected chi connectivity index (χ2v) is 6.36. The molecule has 0 N–H and O–H groups in total. The highest BCUT2D eigenvalue weighted by atomic mass is 19.4. The molecule has 1 aromatic carbocycles. The Morgan fingerprint density at radius 3 is 2.45 bits per heavy atom. The fourth-order valence-corrected chi connectivity index (χ4v) is 2.71. The highest BCUT2D eigenvalue weighted by Gasteiger charge is 2.31. The molecule has 0 spiro atoms. The lowest BCUT2D eigenvalue weighted by molar-refractivity contribution is -0.137. The number of rotatable bonds is 4. The molecule has 2 aromatic heterocycles. The van der Waals surface area contributed by atoms with Crippen LogP contribution < -0.4 is 0 Å². The predicted octanol–water partition coefficient (Wildman–Crippen LogP) is 4.14. The molecular formula is C19H15F5N4O. The Labute approximate surface area is 162 Å². The predicted molar refractivity (Wildman–Crippen MR) is 93.3 cm³/mol. The molecule has 0 aliphatic heterocycles. The number of alkyl halides is 3. The molecule has 0 radical (unpaired) electrons. The van der Waals surface area contributed by atoms with Crippen LogP contribution in [-0.2, 0) is 12.7 Å². The summed E-state index contributed by atoms with van der Waals surface area (Å²) in [6.45, 7) is 1.46. The fraction of sp³-hybridized carbons (Fsp3) is 0.211. The third kappa shape index (κ3) is 4.25. The van der Waals surface area contributed by atoms with E-state index >= 15 is 0 Å². The van der Waals surface area contributed by atoms with Gasteiger partial charge in [-0.05, 0) is 25.1 Å². The largest absolute Gasteiger partial charge is 0.417 e. The second kappa shape index (κ2) is 7.61. The molecule has 3 aromatic rings. The lowest BCUT2D eigenvalue weighted by Crippen LogP contribution is -2.27. The van der Waals surface area contributed by atoms with Crippen molar-refractivity contribution >= 4 is 5.91 Å². The van der Waals surface area contributed by atoms with E-state index in [9.17, 15) is 26.7 Å². The minimum absolute atomic E-state index is 0.103. The zero-order valence-electron chi connectivity index (χ0n) is 15.3. The molecule has 0 aliphatic carbocycles. The van der Waals surface area contributed by atoms with Gasteiger partial charge in [-0.15, -0.1) is 0 Å². The molecule has 0 bridgehead atoms. The van der Waals surface area contributed by atoms with Crippen LogP contribution in [0.15, 0.2) is 42.7 Å². The van der Waals surface area contributed by atoms with Gasteiger partial charge in [0, 0.05) is 31.4 Å². The average molecular weight is 410 g/mol. The number of aromatic nitrogens is 3. The Bertz CT molecular complexity index is 1040. The van der Waals surface area contributed by atoms with E-state index in [0.717, 1.165) is 24.3 Å². The highest BCUT2D eigenvalue weighted by molar-refractivity contribution is 5.95. The molecule has 0 atom stereocenters. The van der Waals surface area contributed by atoms with Crippen molar-refractivity contribution in [2.24, 2.45) is 0 Å². The van der Waals surface area contributed by atoms with Crippen LogP contribution >= 0.6 is 0 Å². The first kappa shape index (κ1) is 20.4. The van der Waals surface area contributed by atoms with Crippen LogP contribution in [0.4, 0.5) is 22.0 Å². The fourth-order valence-electron chi connectivity index (χ4n) is 2.71. The number of hydrogen-bond donors (Lipinski definition) is 0. The molecule has 3 rings (SSSR count). The van der Waals surface area contributed by atoms with Crippen LogP contribution in [0.2, 0.25) is 0 Å². The summed E-state index contributed by atoms with van der Waals surface area (Å²) in [7, 11) is 1.44. The Kier molecular flexibility index (Phi) is 5.36. The Hall–Kier alpha value is -3.30. The summed E-state index contributed by atoms with van der Waals surface area (Å²) in [6, 6.07) is 5.09. The van der Waals surface area contributed by atoms with Crippen LogP contribution in [0.25, 0.3) is 5.82 Å². The monoisotopic (exact) mass is 410 g/mol. The summed E-state index contributed by atoms with van der Waals surface area (Å²) in [5.74, 6) is -1.86. The van der Waals surface area contributed by atoms with E-state index in [4.69, 9.17) is 0 Å². The van der Waals surface area contributed by atoms with Crippen molar-refractivity contribution < 1.29 is 26.7 Å². The maximum Gasteiger partial charge on any atom is 0.417 e. The van der Waals surface area contributed by atoms with Crippen molar-refractivity contribution in [3.8, 4) is 5.82 Å². The molecule has 0 saturated carbocycles. The van der Waals surface area contributed by atoms with E-state index in [2.05, 4.69) is 10.1 Å². The van der Waals surface area contributed by atoms with Crippen molar-refractivity contribution in [1.82, 2.24) is 19.7 Å². The zero-order valence-corrected chi connectivity index (χ0v) is 15.3. The Morgan fingerprint density at radius 2 is 1.86 bits per heavy atom. The van der Waals surface area contributed by atoms with E-state index in [1.165, 1.54) is 28.9 Å². The zero-order chi connectivity index (χ0) is 21.3. The van der Waals surface area contributed by atoms with E-state index in [1.54, 1.807) is 6.92 Å². The van der Waals surface area contributed by atoms with E-state index in [0.29, 0.717) is 11.9 Å². The molecule has 10 heteroatoms. The van der Waals surface area contributed by atoms with Gasteiger partial charge in [0.05, 0.1) is 23.0 Å². The SMILES string of the molecule is Cc1c(C(=O)N(C)Cc2ccc(F)cc2F)cnn1-c1ccc(C(F)(F)F)cn1. The standard InChI is InChI=1S/C19H15F5N4O/c1-11-15(18(29)27(2)10-12-3-5-14(20)7-16(12)21)9-26-28(11)17-6-4-13(8-25-17)19(22,23)24/h3-9H,10H2,1-2H3. The van der Waals surface area contributed by atoms with Crippen molar-refractivity contribution in [1.29, 1.82) is 0 Å². The normalized spacial score (nSPS) is 11.6. The van der Waals surface area contributed by atoms with Crippen molar-refractivity contribution in [2.45, 2.75) is 19.6 Å². The first-order valence-corrected chi connectivity index (χ1v) is 8.35. The second-order valence-electron chi connectivity index (χ2n) is 6.36. The van der Waals surface area contributed by atoms with Crippen molar-refractivity contribution in [2.75, 3.05) is 7.05 Å². The first-order valence-electron chi connectivity index (χ1n) is 8.35. The number of nitrogens with zero attached hydrogens (tertiary/aromatic N) is 4. The molecule has 5 nitrogen and oxygen atoms in total. The van der Waals surface area contributed by atoms with Crippen LogP contribution in [-0.4, -0.2) is 32.6 Å². The molecule has 29 heavy (non-hydrogen) atoms. The third-order valence-electron chi connectivity index (χ3n) is 4.30. The number of carbonyl (C=O) groups is 1. The van der Waals surface area contributed by atoms with Gasteiger partial charge in [-0.1, -0.05) is 6.07 Å². The van der Waals surface area contributed by atoms with E-state index in [1.807, 2.05) is 0 Å². The molecule has 0 fully saturated rings. The number of amides is 1. The van der Waals surface area contributed by atoms with Crippen LogP contribution in [0.3, 0.4) is 0 Å². The van der Waals surface area contributed by atoms with Crippen molar-refractivity contribution in [3.05, 3.63) is 76.7 Å². The van der Waals surface area contributed by atoms with Crippen LogP contribution in [0, 0.1) is 18.6 Å². The lowest BCUT2D eigenvalue weighted by atomic mass is 10.1. The minimum Gasteiger partial charge on any atom is -0.337 e. The quantitative estimate of drug-likeness (QED) is 0.608. The molecule has 0 saturated heterocycles. The first-order chi connectivity index (χ1) is 13.6. The van der Waals surface area contributed by atoms with Crippen LogP contribution in [0.1, 0.15) is 27.2 Å². The summed E-state index contributed by atoms with van der Waals surface area (Å²) < 4.78 is 66.1. The van der Waals surface area contributed by atoms with E-state index in [-0.39, 0.29) is 23.5 Å². The van der Waals surface area contributed by atoms with Gasteiger partial charge >= 0.3 is 6.18 Å². The minimum atomic E-state index is -4.51. The molecule has 2 heterocycles. The van der Waals surface area contributed by atoms with Gasteiger partial charge in [0.15, 0.2) is 5.82 Å². The summed E-state index contributed by atoms with van der Waals surface area (Å²) in [5.41, 5.74) is -0.231. The number of hydrogen-bond acceptors (Lipinski definition) is 3. The number of halogens is 5. The summed E-state index contributed by atoms with van der Waals surface area (Å²) >= 11 is 0. The summed E-state index contributed by atoms with van der Waals surface area (Å²) in [5, 5.41) is 4.02. The maximum atomic E-state index is 13.8. The maximum absolute atomic E-state index is 13.8. The Balaban J connectivity index is 1.81. The lowest BCUT2D eigenvalue weighted by Gasteiger charge is -2.17. The molecule has 152 valence electrons. The smallest absolute Gasteiger partial charge is 0.337 e.